The quantitative estimate of drug-likeness (QED) is 0.765. The Morgan fingerprint density at radius 3 is 2.73 bits per heavy atom. The second kappa shape index (κ2) is 8.81. The molecule has 1 fully saturated rings. The van der Waals surface area contributed by atoms with Crippen LogP contribution in [0.15, 0.2) is 28.1 Å². The van der Waals surface area contributed by atoms with Gasteiger partial charge in [-0.25, -0.2) is 4.79 Å². The molecular weight excluding hydrogens is 358 g/mol. The van der Waals surface area contributed by atoms with E-state index < -0.39 is 0 Å². The van der Waals surface area contributed by atoms with Crippen LogP contribution >= 0.6 is 11.3 Å². The third-order valence-corrected chi connectivity index (χ3v) is 4.84. The van der Waals surface area contributed by atoms with Crippen molar-refractivity contribution < 1.29 is 23.6 Å². The van der Waals surface area contributed by atoms with Crippen molar-refractivity contribution in [2.75, 3.05) is 39.4 Å². The molecule has 0 spiro atoms. The summed E-state index contributed by atoms with van der Waals surface area (Å²) in [6.07, 6.45) is -0.330. The van der Waals surface area contributed by atoms with E-state index in [1.807, 2.05) is 23.6 Å². The maximum atomic E-state index is 12.2. The molecule has 9 heteroatoms. The van der Waals surface area contributed by atoms with E-state index in [1.165, 1.54) is 0 Å². The van der Waals surface area contributed by atoms with E-state index in [0.717, 1.165) is 4.88 Å². The number of piperazine rings is 1. The fraction of sp³-hybridized carbons (Fsp3) is 0.471. The molecule has 0 aromatic carbocycles. The summed E-state index contributed by atoms with van der Waals surface area (Å²) in [5.41, 5.74) is 0.647. The number of hydrogen-bond donors (Lipinski definition) is 0. The van der Waals surface area contributed by atoms with Gasteiger partial charge in [0.25, 0.3) is 0 Å². The van der Waals surface area contributed by atoms with Crippen LogP contribution in [0.5, 0.6) is 0 Å². The van der Waals surface area contributed by atoms with E-state index >= 15 is 0 Å². The number of amides is 2. The second-order valence-corrected chi connectivity index (χ2v) is 6.67. The number of carbonyl (C=O) groups is 2. The highest BCUT2D eigenvalue weighted by Crippen LogP contribution is 2.25. The van der Waals surface area contributed by atoms with Gasteiger partial charge >= 0.3 is 6.09 Å². The minimum Gasteiger partial charge on any atom is -0.450 e. The predicted molar refractivity (Wildman–Crippen MR) is 94.6 cm³/mol. The maximum Gasteiger partial charge on any atom is 0.409 e. The zero-order valence-corrected chi connectivity index (χ0v) is 15.4. The topological polar surface area (TPSA) is 85.1 Å². The van der Waals surface area contributed by atoms with Gasteiger partial charge in [0, 0.05) is 32.2 Å². The Morgan fingerprint density at radius 1 is 1.27 bits per heavy atom. The summed E-state index contributed by atoms with van der Waals surface area (Å²) in [5.74, 6) is 0.593. The number of hydrogen-bond acceptors (Lipinski definition) is 7. The summed E-state index contributed by atoms with van der Waals surface area (Å²) < 4.78 is 15.7. The minimum atomic E-state index is -0.330. The Kier molecular flexibility index (Phi) is 6.24. The van der Waals surface area contributed by atoms with E-state index in [0.29, 0.717) is 44.2 Å². The van der Waals surface area contributed by atoms with Crippen molar-refractivity contribution in [3.63, 3.8) is 0 Å². The number of rotatable bonds is 6. The van der Waals surface area contributed by atoms with Crippen LogP contribution in [0.4, 0.5) is 4.79 Å². The number of carbonyl (C=O) groups excluding carboxylic acids is 2. The Labute approximate surface area is 155 Å². The van der Waals surface area contributed by atoms with Crippen LogP contribution in [0, 0.1) is 0 Å². The van der Waals surface area contributed by atoms with Gasteiger partial charge in [-0.2, -0.15) is 0 Å². The lowest BCUT2D eigenvalue weighted by Gasteiger charge is -2.33. The monoisotopic (exact) mass is 379 g/mol. The molecule has 0 N–H and O–H groups in total. The molecule has 2 aromatic rings. The molecule has 3 heterocycles. The lowest BCUT2D eigenvalue weighted by molar-refractivity contribution is -0.138. The van der Waals surface area contributed by atoms with Crippen molar-refractivity contribution >= 4 is 23.3 Å². The van der Waals surface area contributed by atoms with Gasteiger partial charge in [-0.1, -0.05) is 11.2 Å². The van der Waals surface area contributed by atoms with Crippen LogP contribution in [0.3, 0.4) is 0 Å². The molecule has 0 atom stereocenters. The lowest BCUT2D eigenvalue weighted by Crippen LogP contribution is -2.51. The first-order valence-corrected chi connectivity index (χ1v) is 9.32. The van der Waals surface area contributed by atoms with Crippen molar-refractivity contribution in [1.82, 2.24) is 15.0 Å². The molecule has 1 saturated heterocycles. The Morgan fingerprint density at radius 2 is 2.04 bits per heavy atom. The second-order valence-electron chi connectivity index (χ2n) is 5.72. The largest absolute Gasteiger partial charge is 0.450 e. The molecule has 8 nitrogen and oxygen atoms in total. The van der Waals surface area contributed by atoms with E-state index in [9.17, 15) is 9.59 Å². The van der Waals surface area contributed by atoms with Gasteiger partial charge in [0.05, 0.1) is 18.1 Å². The molecule has 0 radical (unpaired) electrons. The molecular formula is C17H21N3O5S. The number of thiophene rings is 1. The van der Waals surface area contributed by atoms with Crippen LogP contribution in [-0.2, 0) is 20.9 Å². The first-order valence-electron chi connectivity index (χ1n) is 8.44. The van der Waals surface area contributed by atoms with Gasteiger partial charge in [-0.05, 0) is 18.4 Å². The van der Waals surface area contributed by atoms with Gasteiger partial charge in [-0.3, -0.25) is 4.79 Å². The summed E-state index contributed by atoms with van der Waals surface area (Å²) in [6, 6.07) is 5.71. The highest BCUT2D eigenvalue weighted by Gasteiger charge is 2.24. The van der Waals surface area contributed by atoms with E-state index in [4.69, 9.17) is 14.0 Å². The maximum absolute atomic E-state index is 12.2. The molecule has 140 valence electrons. The Bertz CT molecular complexity index is 723. The van der Waals surface area contributed by atoms with Crippen LogP contribution in [0.25, 0.3) is 10.6 Å². The van der Waals surface area contributed by atoms with Gasteiger partial charge in [0.2, 0.25) is 5.91 Å². The van der Waals surface area contributed by atoms with Crippen molar-refractivity contribution in [2.45, 2.75) is 13.5 Å². The molecule has 26 heavy (non-hydrogen) atoms. The van der Waals surface area contributed by atoms with Gasteiger partial charge in [-0.15, -0.1) is 11.3 Å². The predicted octanol–water partition coefficient (Wildman–Crippen LogP) is 2.22. The van der Waals surface area contributed by atoms with E-state index in [1.54, 1.807) is 28.1 Å². The van der Waals surface area contributed by atoms with Crippen molar-refractivity contribution in [2.24, 2.45) is 0 Å². The first kappa shape index (κ1) is 18.4. The minimum absolute atomic E-state index is 0.0272. The number of ether oxygens (including phenoxy) is 2. The molecule has 2 amide bonds. The lowest BCUT2D eigenvalue weighted by atomic mass is 10.3. The van der Waals surface area contributed by atoms with Gasteiger partial charge < -0.3 is 23.8 Å². The molecule has 0 bridgehead atoms. The number of nitrogens with zero attached hydrogens (tertiary/aromatic N) is 3. The summed E-state index contributed by atoms with van der Waals surface area (Å²) in [4.78, 5) is 28.2. The highest BCUT2D eigenvalue weighted by molar-refractivity contribution is 7.13. The normalized spacial score (nSPS) is 14.5. The van der Waals surface area contributed by atoms with E-state index in [-0.39, 0.29) is 25.2 Å². The fourth-order valence-corrected chi connectivity index (χ4v) is 3.28. The summed E-state index contributed by atoms with van der Waals surface area (Å²) in [5, 5.41) is 5.92. The van der Waals surface area contributed by atoms with Crippen molar-refractivity contribution in [3.8, 4) is 10.6 Å². The van der Waals surface area contributed by atoms with Crippen molar-refractivity contribution in [1.29, 1.82) is 0 Å². The third kappa shape index (κ3) is 4.61. The zero-order chi connectivity index (χ0) is 18.4. The molecule has 0 saturated carbocycles. The molecule has 1 aliphatic rings. The van der Waals surface area contributed by atoms with Crippen LogP contribution < -0.4 is 0 Å². The average Bonchev–Trinajstić information content (AvgIpc) is 3.33. The summed E-state index contributed by atoms with van der Waals surface area (Å²) in [7, 11) is 0. The third-order valence-electron chi connectivity index (χ3n) is 3.96. The molecule has 2 aromatic heterocycles. The molecule has 1 aliphatic heterocycles. The van der Waals surface area contributed by atoms with E-state index in [2.05, 4.69) is 5.16 Å². The highest BCUT2D eigenvalue weighted by atomic mass is 32.1. The average molecular weight is 379 g/mol. The zero-order valence-electron chi connectivity index (χ0n) is 14.6. The molecule has 3 rings (SSSR count). The van der Waals surface area contributed by atoms with Crippen LogP contribution in [-0.4, -0.2) is 66.3 Å². The summed E-state index contributed by atoms with van der Waals surface area (Å²) >= 11 is 1.57. The van der Waals surface area contributed by atoms with Crippen molar-refractivity contribution in [3.05, 3.63) is 29.3 Å². The van der Waals surface area contributed by atoms with Gasteiger partial charge in [0.15, 0.2) is 5.76 Å². The Hall–Kier alpha value is -2.39. The fourth-order valence-electron chi connectivity index (χ4n) is 2.60. The summed E-state index contributed by atoms with van der Waals surface area (Å²) in [6.45, 7) is 4.20. The first-order chi connectivity index (χ1) is 12.7. The van der Waals surface area contributed by atoms with Crippen LogP contribution in [0.1, 0.15) is 12.6 Å². The standard InChI is InChI=1S/C17H21N3O5S/c1-2-24-17(22)20-7-5-19(6-8-20)16(21)12-23-11-13-10-14(25-18-13)15-4-3-9-26-15/h3-4,9-10H,2,5-8,11-12H2,1H3. The molecule has 0 aliphatic carbocycles. The SMILES string of the molecule is CCOC(=O)N1CCN(C(=O)COCc2cc(-c3cccs3)on2)CC1. The van der Waals surface area contributed by atoms with Gasteiger partial charge in [0.1, 0.15) is 12.3 Å². The Balaban J connectivity index is 1.39. The smallest absolute Gasteiger partial charge is 0.409 e. The number of aromatic nitrogens is 1. The van der Waals surface area contributed by atoms with Crippen LogP contribution in [0.2, 0.25) is 0 Å². The molecule has 0 unspecified atom stereocenters.